The number of hydrogen-bond acceptors (Lipinski definition) is 2. The molecule has 3 rings (SSSR count). The number of amides is 2. The summed E-state index contributed by atoms with van der Waals surface area (Å²) in [7, 11) is 0. The van der Waals surface area contributed by atoms with Crippen LogP contribution in [0, 0.1) is 5.92 Å². The molecule has 1 spiro atoms. The van der Waals surface area contributed by atoms with Crippen LogP contribution in [-0.4, -0.2) is 34.8 Å². The molecule has 3 aliphatic rings. The monoisotopic (exact) mass is 264 g/mol. The molecular formula is C15H24N2O2. The Morgan fingerprint density at radius 2 is 1.89 bits per heavy atom. The lowest BCUT2D eigenvalue weighted by Gasteiger charge is -2.36. The SMILES string of the molecule is CC1CCCC1N1CCC(=O)NC2(CCCC2)C1=O. The molecule has 1 saturated heterocycles. The molecule has 3 fully saturated rings. The van der Waals surface area contributed by atoms with E-state index in [9.17, 15) is 9.59 Å². The second kappa shape index (κ2) is 4.80. The molecule has 0 bridgehead atoms. The first kappa shape index (κ1) is 12.9. The van der Waals surface area contributed by atoms with Gasteiger partial charge in [-0.05, 0) is 31.6 Å². The van der Waals surface area contributed by atoms with Crippen molar-refractivity contribution in [2.24, 2.45) is 5.92 Å². The van der Waals surface area contributed by atoms with E-state index >= 15 is 0 Å². The number of nitrogens with one attached hydrogen (secondary N) is 1. The third-order valence-electron chi connectivity index (χ3n) is 5.30. The molecule has 1 N–H and O–H groups in total. The first-order valence-electron chi connectivity index (χ1n) is 7.74. The van der Waals surface area contributed by atoms with Crippen LogP contribution in [0.15, 0.2) is 0 Å². The molecule has 19 heavy (non-hydrogen) atoms. The number of rotatable bonds is 1. The molecular weight excluding hydrogens is 240 g/mol. The van der Waals surface area contributed by atoms with Crippen molar-refractivity contribution in [2.75, 3.05) is 6.54 Å². The van der Waals surface area contributed by atoms with E-state index in [1.165, 1.54) is 12.8 Å². The summed E-state index contributed by atoms with van der Waals surface area (Å²) in [5, 5.41) is 3.04. The average molecular weight is 264 g/mol. The average Bonchev–Trinajstić information content (AvgIpc) is 2.97. The van der Waals surface area contributed by atoms with Gasteiger partial charge >= 0.3 is 0 Å². The van der Waals surface area contributed by atoms with Gasteiger partial charge in [-0.2, -0.15) is 0 Å². The van der Waals surface area contributed by atoms with Gasteiger partial charge in [-0.15, -0.1) is 0 Å². The standard InChI is InChI=1S/C15H24N2O2/c1-11-5-4-6-12(11)17-10-7-13(18)16-15(14(17)19)8-2-3-9-15/h11-12H,2-10H2,1H3,(H,16,18). The minimum Gasteiger partial charge on any atom is -0.342 e. The van der Waals surface area contributed by atoms with E-state index in [0.717, 1.165) is 32.1 Å². The molecule has 1 heterocycles. The summed E-state index contributed by atoms with van der Waals surface area (Å²) >= 11 is 0. The molecule has 0 aromatic heterocycles. The molecule has 2 saturated carbocycles. The Balaban J connectivity index is 1.87. The molecule has 106 valence electrons. The van der Waals surface area contributed by atoms with Crippen molar-refractivity contribution < 1.29 is 9.59 Å². The van der Waals surface area contributed by atoms with Crippen LogP contribution in [0.3, 0.4) is 0 Å². The lowest BCUT2D eigenvalue weighted by Crippen LogP contribution is -2.57. The van der Waals surface area contributed by atoms with Crippen LogP contribution in [0.25, 0.3) is 0 Å². The van der Waals surface area contributed by atoms with Gasteiger partial charge in [0.05, 0.1) is 0 Å². The smallest absolute Gasteiger partial charge is 0.248 e. The third-order valence-corrected chi connectivity index (χ3v) is 5.30. The fourth-order valence-electron chi connectivity index (χ4n) is 4.20. The van der Waals surface area contributed by atoms with Crippen molar-refractivity contribution in [1.82, 2.24) is 10.2 Å². The first-order chi connectivity index (χ1) is 9.12. The summed E-state index contributed by atoms with van der Waals surface area (Å²) in [6, 6.07) is 0.359. The number of nitrogens with zero attached hydrogens (tertiary/aromatic N) is 1. The summed E-state index contributed by atoms with van der Waals surface area (Å²) in [6.07, 6.45) is 7.77. The van der Waals surface area contributed by atoms with Crippen LogP contribution in [-0.2, 0) is 9.59 Å². The zero-order chi connectivity index (χ0) is 13.5. The van der Waals surface area contributed by atoms with Crippen molar-refractivity contribution in [3.8, 4) is 0 Å². The van der Waals surface area contributed by atoms with Gasteiger partial charge < -0.3 is 10.2 Å². The molecule has 0 aromatic rings. The van der Waals surface area contributed by atoms with Gasteiger partial charge in [0.15, 0.2) is 0 Å². The van der Waals surface area contributed by atoms with Crippen LogP contribution in [0.2, 0.25) is 0 Å². The van der Waals surface area contributed by atoms with E-state index in [1.807, 2.05) is 4.90 Å². The Bertz CT molecular complexity index is 388. The van der Waals surface area contributed by atoms with E-state index in [-0.39, 0.29) is 11.8 Å². The summed E-state index contributed by atoms with van der Waals surface area (Å²) in [5.41, 5.74) is -0.560. The van der Waals surface area contributed by atoms with Crippen LogP contribution in [0.5, 0.6) is 0 Å². The van der Waals surface area contributed by atoms with E-state index in [2.05, 4.69) is 12.2 Å². The molecule has 2 unspecified atom stereocenters. The zero-order valence-corrected chi connectivity index (χ0v) is 11.8. The molecule has 1 aliphatic heterocycles. The Labute approximate surface area is 114 Å². The second-order valence-electron chi connectivity index (χ2n) is 6.56. The lowest BCUT2D eigenvalue weighted by atomic mass is 9.94. The second-order valence-corrected chi connectivity index (χ2v) is 6.56. The predicted molar refractivity (Wildman–Crippen MR) is 72.5 cm³/mol. The molecule has 2 amide bonds. The van der Waals surface area contributed by atoms with Crippen molar-refractivity contribution in [2.45, 2.75) is 69.9 Å². The number of carbonyl (C=O) groups is 2. The molecule has 0 aromatic carbocycles. The summed E-state index contributed by atoms with van der Waals surface area (Å²) in [5.74, 6) is 0.841. The fraction of sp³-hybridized carbons (Fsp3) is 0.867. The Kier molecular flexibility index (Phi) is 3.27. The van der Waals surface area contributed by atoms with Gasteiger partial charge in [-0.3, -0.25) is 9.59 Å². The zero-order valence-electron chi connectivity index (χ0n) is 11.8. The van der Waals surface area contributed by atoms with E-state index < -0.39 is 5.54 Å². The van der Waals surface area contributed by atoms with Gasteiger partial charge in [-0.25, -0.2) is 0 Å². The fourth-order valence-corrected chi connectivity index (χ4v) is 4.20. The highest BCUT2D eigenvalue weighted by Gasteiger charge is 2.48. The summed E-state index contributed by atoms with van der Waals surface area (Å²) in [4.78, 5) is 26.9. The molecule has 4 heteroatoms. The van der Waals surface area contributed by atoms with Crippen LogP contribution in [0.4, 0.5) is 0 Å². The van der Waals surface area contributed by atoms with Crippen molar-refractivity contribution >= 4 is 11.8 Å². The third kappa shape index (κ3) is 2.15. The Morgan fingerprint density at radius 1 is 1.16 bits per heavy atom. The Hall–Kier alpha value is -1.06. The molecule has 2 atom stereocenters. The van der Waals surface area contributed by atoms with Crippen LogP contribution < -0.4 is 5.32 Å². The normalized spacial score (nSPS) is 34.7. The number of carbonyl (C=O) groups excluding carboxylic acids is 2. The highest BCUT2D eigenvalue weighted by Crippen LogP contribution is 2.37. The summed E-state index contributed by atoms with van der Waals surface area (Å²) < 4.78 is 0. The van der Waals surface area contributed by atoms with E-state index in [4.69, 9.17) is 0 Å². The topological polar surface area (TPSA) is 49.4 Å². The van der Waals surface area contributed by atoms with E-state index in [0.29, 0.717) is 24.9 Å². The predicted octanol–water partition coefficient (Wildman–Crippen LogP) is 1.84. The van der Waals surface area contributed by atoms with Gasteiger partial charge in [0.25, 0.3) is 0 Å². The van der Waals surface area contributed by atoms with E-state index in [1.54, 1.807) is 0 Å². The molecule has 0 radical (unpaired) electrons. The van der Waals surface area contributed by atoms with Gasteiger partial charge in [0, 0.05) is 19.0 Å². The minimum atomic E-state index is -0.560. The highest BCUT2D eigenvalue weighted by atomic mass is 16.2. The molecule has 4 nitrogen and oxygen atoms in total. The van der Waals surface area contributed by atoms with Crippen LogP contribution in [0.1, 0.15) is 58.3 Å². The maximum atomic E-state index is 13.0. The molecule has 2 aliphatic carbocycles. The van der Waals surface area contributed by atoms with Crippen molar-refractivity contribution in [1.29, 1.82) is 0 Å². The van der Waals surface area contributed by atoms with Gasteiger partial charge in [0.1, 0.15) is 5.54 Å². The maximum Gasteiger partial charge on any atom is 0.248 e. The van der Waals surface area contributed by atoms with Crippen LogP contribution >= 0.6 is 0 Å². The highest BCUT2D eigenvalue weighted by molar-refractivity contribution is 5.94. The largest absolute Gasteiger partial charge is 0.342 e. The minimum absolute atomic E-state index is 0.0587. The number of hydrogen-bond donors (Lipinski definition) is 1. The first-order valence-corrected chi connectivity index (χ1v) is 7.74. The lowest BCUT2D eigenvalue weighted by molar-refractivity contribution is -0.141. The maximum absolute atomic E-state index is 13.0. The summed E-state index contributed by atoms with van der Waals surface area (Å²) in [6.45, 7) is 2.85. The Morgan fingerprint density at radius 3 is 2.53 bits per heavy atom. The van der Waals surface area contributed by atoms with Gasteiger partial charge in [-0.1, -0.05) is 26.2 Å². The quantitative estimate of drug-likeness (QED) is 0.785. The van der Waals surface area contributed by atoms with Crippen molar-refractivity contribution in [3.63, 3.8) is 0 Å². The van der Waals surface area contributed by atoms with Crippen molar-refractivity contribution in [3.05, 3.63) is 0 Å². The van der Waals surface area contributed by atoms with Gasteiger partial charge in [0.2, 0.25) is 11.8 Å².